The molecule has 0 unspecified atom stereocenters. The fraction of sp³-hybridized carbons (Fsp3) is 0. The molecule has 0 aliphatic heterocycles. The molecule has 0 radical (unpaired) electrons. The van der Waals surface area contributed by atoms with Gasteiger partial charge in [-0.2, -0.15) is 0 Å². The molecule has 4 nitrogen and oxygen atoms in total. The van der Waals surface area contributed by atoms with Gasteiger partial charge in [0.1, 0.15) is 0 Å². The van der Waals surface area contributed by atoms with Crippen LogP contribution in [0.4, 0.5) is 0 Å². The second-order valence-corrected chi connectivity index (χ2v) is 25.9. The number of thiophene rings is 1. The molecule has 18 aromatic rings. The average Bonchev–Trinajstić information content (AvgIpc) is 1.49. The average molecular weight is 1250 g/mol. The molecule has 0 spiro atoms. The van der Waals surface area contributed by atoms with E-state index < -0.39 is 0 Å². The van der Waals surface area contributed by atoms with E-state index in [1.54, 1.807) is 0 Å². The number of benzene rings is 15. The first-order valence-electron chi connectivity index (χ1n) is 32.9. The molecule has 0 saturated heterocycles. The van der Waals surface area contributed by atoms with E-state index in [1.165, 1.54) is 80.3 Å². The van der Waals surface area contributed by atoms with Crippen LogP contribution >= 0.6 is 11.3 Å². The zero-order valence-electron chi connectivity index (χ0n) is 52.7. The van der Waals surface area contributed by atoms with Crippen molar-refractivity contribution in [3.8, 4) is 135 Å². The smallest absolute Gasteiger partial charge is 0.164 e. The molecule has 0 bridgehead atoms. The van der Waals surface area contributed by atoms with Crippen molar-refractivity contribution >= 4 is 63.8 Å². The lowest BCUT2D eigenvalue weighted by Gasteiger charge is -2.13. The normalized spacial score (nSPS) is 11.5. The van der Waals surface area contributed by atoms with Gasteiger partial charge in [0.15, 0.2) is 17.5 Å². The predicted molar refractivity (Wildman–Crippen MR) is 408 cm³/mol. The summed E-state index contributed by atoms with van der Waals surface area (Å²) in [5, 5.41) is 10.2. The van der Waals surface area contributed by atoms with Gasteiger partial charge >= 0.3 is 0 Å². The Morgan fingerprint density at radius 2 is 0.495 bits per heavy atom. The summed E-state index contributed by atoms with van der Waals surface area (Å²) in [4.78, 5) is 21.1. The van der Waals surface area contributed by atoms with Crippen LogP contribution in [0.15, 0.2) is 352 Å². The van der Waals surface area contributed by atoms with Crippen LogP contribution in [0.25, 0.3) is 187 Å². The van der Waals surface area contributed by atoms with Crippen LogP contribution in [0, 0.1) is 0 Å². The molecule has 97 heavy (non-hydrogen) atoms. The van der Waals surface area contributed by atoms with Crippen molar-refractivity contribution in [2.45, 2.75) is 0 Å². The molecule has 0 amide bonds. The first-order chi connectivity index (χ1) is 48.0. The molecule has 0 N–H and O–H groups in total. The quantitative estimate of drug-likeness (QED) is 0.114. The molecule has 15 aromatic carbocycles. The van der Waals surface area contributed by atoms with Gasteiger partial charge < -0.3 is 0 Å². The van der Waals surface area contributed by atoms with Gasteiger partial charge in [0.25, 0.3) is 0 Å². The zero-order chi connectivity index (χ0) is 64.2. The minimum Gasteiger partial charge on any atom is -0.248 e. The first kappa shape index (κ1) is 57.2. The number of nitrogens with zero attached hydrogens (tertiary/aromatic N) is 4. The molecule has 0 fully saturated rings. The molecule has 5 heteroatoms. The molecular weight excluding hydrogens is 1190 g/mol. The Hall–Kier alpha value is -12.5. The fourth-order valence-corrected chi connectivity index (χ4v) is 15.3. The Morgan fingerprint density at radius 3 is 1.04 bits per heavy atom. The lowest BCUT2D eigenvalue weighted by atomic mass is 9.91. The maximum Gasteiger partial charge on any atom is 0.164 e. The summed E-state index contributed by atoms with van der Waals surface area (Å²) in [5.41, 5.74) is 22.5. The fourth-order valence-electron chi connectivity index (χ4n) is 14.0. The van der Waals surface area contributed by atoms with Crippen LogP contribution in [0.5, 0.6) is 0 Å². The third-order valence-electron chi connectivity index (χ3n) is 18.9. The van der Waals surface area contributed by atoms with E-state index in [1.807, 2.05) is 29.5 Å². The number of fused-ring (bicyclic) bond motifs is 9. The van der Waals surface area contributed by atoms with Crippen LogP contribution < -0.4 is 0 Å². The van der Waals surface area contributed by atoms with Gasteiger partial charge in [0, 0.05) is 48.0 Å². The maximum atomic E-state index is 5.39. The van der Waals surface area contributed by atoms with Crippen molar-refractivity contribution in [3.63, 3.8) is 0 Å². The molecule has 0 aliphatic carbocycles. The number of aromatic nitrogens is 4. The van der Waals surface area contributed by atoms with E-state index in [2.05, 4.69) is 334 Å². The molecule has 3 heterocycles. The Kier molecular flexibility index (Phi) is 14.4. The number of rotatable bonds is 12. The largest absolute Gasteiger partial charge is 0.248 e. The highest BCUT2D eigenvalue weighted by Gasteiger charge is 2.18. The second-order valence-electron chi connectivity index (χ2n) is 24.9. The van der Waals surface area contributed by atoms with Gasteiger partial charge in [0.2, 0.25) is 0 Å². The van der Waals surface area contributed by atoms with Crippen LogP contribution in [0.1, 0.15) is 0 Å². The molecule has 452 valence electrons. The van der Waals surface area contributed by atoms with E-state index in [4.69, 9.17) is 19.9 Å². The van der Waals surface area contributed by atoms with Crippen molar-refractivity contribution < 1.29 is 0 Å². The van der Waals surface area contributed by atoms with Gasteiger partial charge in [0.05, 0.1) is 11.4 Å². The monoisotopic (exact) mass is 1250 g/mol. The van der Waals surface area contributed by atoms with E-state index in [0.29, 0.717) is 17.5 Å². The molecule has 0 saturated carbocycles. The zero-order valence-corrected chi connectivity index (χ0v) is 53.5. The highest BCUT2D eigenvalue weighted by Crippen LogP contribution is 2.43. The van der Waals surface area contributed by atoms with Crippen molar-refractivity contribution in [2.24, 2.45) is 0 Å². The highest BCUT2D eigenvalue weighted by atomic mass is 32.1. The molecule has 0 aliphatic rings. The lowest BCUT2D eigenvalue weighted by Crippen LogP contribution is -2.00. The summed E-state index contributed by atoms with van der Waals surface area (Å²) >= 11 is 1.87. The summed E-state index contributed by atoms with van der Waals surface area (Å²) in [6.45, 7) is 0. The summed E-state index contributed by atoms with van der Waals surface area (Å²) in [6.07, 6.45) is 0. The number of hydrogen-bond donors (Lipinski definition) is 0. The van der Waals surface area contributed by atoms with Crippen LogP contribution in [0.2, 0.25) is 0 Å². The van der Waals surface area contributed by atoms with Crippen molar-refractivity contribution in [3.05, 3.63) is 352 Å². The van der Waals surface area contributed by atoms with E-state index >= 15 is 0 Å². The minimum absolute atomic E-state index is 0.591. The summed E-state index contributed by atoms with van der Waals surface area (Å²) in [5.74, 6) is 1.80. The maximum absolute atomic E-state index is 5.39. The van der Waals surface area contributed by atoms with Crippen molar-refractivity contribution in [2.75, 3.05) is 0 Å². The van der Waals surface area contributed by atoms with E-state index in [9.17, 15) is 0 Å². The topological polar surface area (TPSA) is 51.6 Å². The first-order valence-corrected chi connectivity index (χ1v) is 33.7. The van der Waals surface area contributed by atoms with Gasteiger partial charge in [-0.15, -0.1) is 11.3 Å². The van der Waals surface area contributed by atoms with Crippen LogP contribution in [0.3, 0.4) is 0 Å². The predicted octanol–water partition coefficient (Wildman–Crippen LogP) is 25.1. The van der Waals surface area contributed by atoms with E-state index in [-0.39, 0.29) is 0 Å². The number of pyridine rings is 1. The molecular formula is C92H58N4S. The Labute approximate surface area is 566 Å². The third-order valence-corrected chi connectivity index (χ3v) is 20.1. The minimum atomic E-state index is 0.591. The Balaban J connectivity index is 0.649. The van der Waals surface area contributed by atoms with Gasteiger partial charge in [-0.1, -0.05) is 291 Å². The summed E-state index contributed by atoms with van der Waals surface area (Å²) in [7, 11) is 0. The Morgan fingerprint density at radius 1 is 0.165 bits per heavy atom. The SMILES string of the molecule is c1ccc(-c2cc(-c3cccc(-c4ccc(-c5cccc(-c6cccc7c6sc6ccccc67)c5)cc4)c3)cc(-c3cccc(-c4cccc(-c5nc(-c6ccccc6)nc(-c6cccc(-c7cccc(-c8ccc9c%10ccccc%10c%10ccccc%10c9c8)c7)c6)n5)c4)c3)n2)cc1. The molecule has 0 atom stereocenters. The van der Waals surface area contributed by atoms with Gasteiger partial charge in [-0.3, -0.25) is 0 Å². The molecule has 18 rings (SSSR count). The van der Waals surface area contributed by atoms with Gasteiger partial charge in [-0.05, 0) is 171 Å². The third kappa shape index (κ3) is 10.9. The van der Waals surface area contributed by atoms with Crippen LogP contribution in [-0.4, -0.2) is 19.9 Å². The van der Waals surface area contributed by atoms with Crippen LogP contribution in [-0.2, 0) is 0 Å². The number of hydrogen-bond acceptors (Lipinski definition) is 5. The molecule has 3 aromatic heterocycles. The van der Waals surface area contributed by atoms with Crippen molar-refractivity contribution in [1.29, 1.82) is 0 Å². The standard InChI is InChI=1S/C92H58N4S/c1-3-20-61(21-4-1)86-57-76(70-31-13-24-63(50-70)59-44-46-60(47-45-59)64-25-15-32-72(52-64)77-41-19-42-84-83-40-11-12-43-88(83)97-89(77)84)58-87(93-86)73-33-16-28-67(53-73)69-30-18-35-75(55-69)92-95-90(62-22-5-2-6-23-62)94-91(96-92)74-34-17-29-68(54-74)65-26-14-27-66(51-65)71-48-49-82-80-38-8-7-36-78(80)79-37-9-10-39-81(79)85(82)56-71/h1-58H. The lowest BCUT2D eigenvalue weighted by molar-refractivity contribution is 1.07. The Bertz CT molecular complexity index is 6040. The summed E-state index contributed by atoms with van der Waals surface area (Å²) < 4.78 is 2.64. The summed E-state index contributed by atoms with van der Waals surface area (Å²) in [6, 6.07) is 126. The van der Waals surface area contributed by atoms with E-state index in [0.717, 1.165) is 89.3 Å². The van der Waals surface area contributed by atoms with Gasteiger partial charge in [-0.25, -0.2) is 19.9 Å². The van der Waals surface area contributed by atoms with Crippen molar-refractivity contribution in [1.82, 2.24) is 19.9 Å². The second kappa shape index (κ2) is 24.4. The highest BCUT2D eigenvalue weighted by molar-refractivity contribution is 7.26.